The van der Waals surface area contributed by atoms with Gasteiger partial charge in [-0.3, -0.25) is 0 Å². The Hall–Kier alpha value is -3.05. The van der Waals surface area contributed by atoms with Gasteiger partial charge in [-0.2, -0.15) is 4.98 Å². The summed E-state index contributed by atoms with van der Waals surface area (Å²) in [4.78, 5) is 15.8. The van der Waals surface area contributed by atoms with Gasteiger partial charge >= 0.3 is 6.01 Å². The maximum Gasteiger partial charge on any atom is 0.324 e. The number of fused-ring (bicyclic) bond motifs is 1. The largest absolute Gasteiger partial charge is 0.473 e. The van der Waals surface area contributed by atoms with Gasteiger partial charge in [0.15, 0.2) is 15.7 Å². The van der Waals surface area contributed by atoms with Crippen molar-refractivity contribution in [2.24, 2.45) is 0 Å². The van der Waals surface area contributed by atoms with Crippen molar-refractivity contribution in [2.75, 3.05) is 18.0 Å². The van der Waals surface area contributed by atoms with E-state index in [0.29, 0.717) is 16.8 Å². The van der Waals surface area contributed by atoms with Crippen LogP contribution in [-0.4, -0.2) is 53.0 Å². The predicted octanol–water partition coefficient (Wildman–Crippen LogP) is 5.09. The highest BCUT2D eigenvalue weighted by Crippen LogP contribution is 2.37. The molecule has 0 spiro atoms. The van der Waals surface area contributed by atoms with E-state index in [9.17, 15) is 8.42 Å². The summed E-state index contributed by atoms with van der Waals surface area (Å²) in [5.41, 5.74) is 2.64. The van der Waals surface area contributed by atoms with Gasteiger partial charge in [0.1, 0.15) is 17.1 Å². The highest BCUT2D eigenvalue weighted by molar-refractivity contribution is 7.92. The van der Waals surface area contributed by atoms with Crippen molar-refractivity contribution in [3.63, 3.8) is 0 Å². The van der Waals surface area contributed by atoms with Crippen molar-refractivity contribution in [1.29, 1.82) is 0 Å². The van der Waals surface area contributed by atoms with Gasteiger partial charge in [0, 0.05) is 42.8 Å². The van der Waals surface area contributed by atoms with Crippen LogP contribution in [0, 0.1) is 0 Å². The maximum atomic E-state index is 12.5. The Morgan fingerprint density at radius 3 is 2.44 bits per heavy atom. The van der Waals surface area contributed by atoms with Crippen LogP contribution in [0.5, 0.6) is 5.88 Å². The Kier molecular flexibility index (Phi) is 6.69. The van der Waals surface area contributed by atoms with E-state index in [1.165, 1.54) is 17.7 Å². The average Bonchev–Trinajstić information content (AvgIpc) is 3.53. The highest BCUT2D eigenvalue weighted by Gasteiger charge is 2.26. The van der Waals surface area contributed by atoms with Crippen molar-refractivity contribution < 1.29 is 17.7 Å². The molecule has 0 amide bonds. The molecule has 0 unspecified atom stereocenters. The molecule has 0 radical (unpaired) electrons. The summed E-state index contributed by atoms with van der Waals surface area (Å²) in [5.74, 6) is 1.52. The molecule has 1 aliphatic heterocycles. The molecule has 3 aromatic heterocycles. The number of benzene rings is 1. The van der Waals surface area contributed by atoms with Gasteiger partial charge in [-0.15, -0.1) is 11.3 Å². The Morgan fingerprint density at radius 2 is 1.81 bits per heavy atom. The quantitative estimate of drug-likeness (QED) is 0.324. The van der Waals surface area contributed by atoms with Crippen molar-refractivity contribution in [1.82, 2.24) is 20.1 Å². The first kappa shape index (κ1) is 24.6. The summed E-state index contributed by atoms with van der Waals surface area (Å²) in [6.45, 7) is 8.98. The summed E-state index contributed by atoms with van der Waals surface area (Å²) in [7, 11) is -3.31. The van der Waals surface area contributed by atoms with E-state index in [0.717, 1.165) is 53.1 Å². The molecule has 190 valence electrons. The Bertz CT molecular complexity index is 1450. The molecule has 11 heteroatoms. The van der Waals surface area contributed by atoms with Crippen molar-refractivity contribution >= 4 is 37.4 Å². The van der Waals surface area contributed by atoms with Gasteiger partial charge in [-0.05, 0) is 31.5 Å². The minimum absolute atomic E-state index is 0.0258. The second-order valence-electron chi connectivity index (χ2n) is 9.52. The first-order valence-corrected chi connectivity index (χ1v) is 14.5. The van der Waals surface area contributed by atoms with E-state index in [-0.39, 0.29) is 12.0 Å². The van der Waals surface area contributed by atoms with Gasteiger partial charge in [0.2, 0.25) is 5.88 Å². The number of aromatic nitrogens is 4. The molecule has 4 aromatic rings. The zero-order valence-corrected chi connectivity index (χ0v) is 22.3. The molecule has 1 aromatic carbocycles. The van der Waals surface area contributed by atoms with Crippen LogP contribution in [0.15, 0.2) is 45.4 Å². The molecule has 9 nitrogen and oxygen atoms in total. The van der Waals surface area contributed by atoms with Gasteiger partial charge in [-0.25, -0.2) is 18.4 Å². The first-order valence-electron chi connectivity index (χ1n) is 12.1. The normalized spacial score (nSPS) is 15.3. The lowest BCUT2D eigenvalue weighted by Gasteiger charge is -2.30. The minimum Gasteiger partial charge on any atom is -0.473 e. The number of anilines is 1. The number of rotatable bonds is 7. The number of hydrogen-bond donors (Lipinski definition) is 0. The second-order valence-corrected chi connectivity index (χ2v) is 12.9. The van der Waals surface area contributed by atoms with Crippen LogP contribution in [0.2, 0.25) is 0 Å². The van der Waals surface area contributed by atoms with Crippen LogP contribution in [0.1, 0.15) is 52.3 Å². The molecule has 0 N–H and O–H groups in total. The van der Waals surface area contributed by atoms with Gasteiger partial charge in [0.05, 0.1) is 15.7 Å². The molecule has 0 atom stereocenters. The molecular weight excluding hydrogens is 498 g/mol. The summed E-state index contributed by atoms with van der Waals surface area (Å²) in [6, 6.07) is 7.55. The van der Waals surface area contributed by atoms with Crippen molar-refractivity contribution in [3.05, 3.63) is 41.8 Å². The third-order valence-corrected chi connectivity index (χ3v) is 9.50. The van der Waals surface area contributed by atoms with E-state index in [2.05, 4.69) is 25.0 Å². The van der Waals surface area contributed by atoms with Crippen LogP contribution in [0.25, 0.3) is 21.3 Å². The number of hydrogen-bond acceptors (Lipinski definition) is 10. The number of thiophene rings is 1. The van der Waals surface area contributed by atoms with Crippen LogP contribution >= 0.6 is 11.3 Å². The predicted molar refractivity (Wildman–Crippen MR) is 139 cm³/mol. The lowest BCUT2D eigenvalue weighted by molar-refractivity contribution is 0.164. The van der Waals surface area contributed by atoms with Crippen LogP contribution in [0.4, 0.5) is 6.01 Å². The lowest BCUT2D eigenvalue weighted by Crippen LogP contribution is -2.38. The zero-order chi connectivity index (χ0) is 25.4. The van der Waals surface area contributed by atoms with E-state index in [1.807, 2.05) is 31.4 Å². The zero-order valence-electron chi connectivity index (χ0n) is 20.7. The fraction of sp³-hybridized carbons (Fsp3) is 0.440. The Morgan fingerprint density at radius 1 is 1.08 bits per heavy atom. The van der Waals surface area contributed by atoms with Crippen LogP contribution < -0.4 is 9.64 Å². The molecular formula is C25H29N5O4S2. The smallest absolute Gasteiger partial charge is 0.324 e. The number of sulfone groups is 1. The van der Waals surface area contributed by atoms with Gasteiger partial charge in [-0.1, -0.05) is 31.1 Å². The number of piperidine rings is 1. The lowest BCUT2D eigenvalue weighted by atomic mass is 10.1. The monoisotopic (exact) mass is 527 g/mol. The fourth-order valence-electron chi connectivity index (χ4n) is 4.13. The molecule has 1 aliphatic rings. The number of ether oxygens (including phenoxy) is 1. The van der Waals surface area contributed by atoms with E-state index in [4.69, 9.17) is 9.26 Å². The summed E-state index contributed by atoms with van der Waals surface area (Å²) in [5, 5.41) is 5.61. The first-order chi connectivity index (χ1) is 17.2. The highest BCUT2D eigenvalue weighted by atomic mass is 32.2. The molecule has 4 heterocycles. The summed E-state index contributed by atoms with van der Waals surface area (Å²) in [6.07, 6.45) is 3.17. The third-order valence-electron chi connectivity index (χ3n) is 6.37. The number of nitrogens with zero attached hydrogens (tertiary/aromatic N) is 5. The van der Waals surface area contributed by atoms with Gasteiger partial charge < -0.3 is 14.2 Å². The summed E-state index contributed by atoms with van der Waals surface area (Å²) < 4.78 is 37.5. The SMILES string of the molecule is CC(C)c1noc(N2CCC(Oc3ncnc4c(-c5ccc(S(=O)(=O)C(C)C)cc5)csc34)CC2)n1. The molecule has 0 aliphatic carbocycles. The maximum absolute atomic E-state index is 12.5. The molecule has 1 saturated heterocycles. The minimum atomic E-state index is -3.31. The standard InChI is InChI=1S/C25H29N5O4S2/c1-15(2)23-28-25(34-29-23)30-11-9-18(10-12-30)33-24-22-21(26-14-27-24)20(13-35-22)17-5-7-19(8-6-17)36(31,32)16(3)4/h5-8,13-16,18H,9-12H2,1-4H3. The van der Waals surface area contributed by atoms with Crippen molar-refractivity contribution in [2.45, 2.75) is 62.7 Å². The fourth-order valence-corrected chi connectivity index (χ4v) is 6.15. The third kappa shape index (κ3) is 4.69. The molecule has 1 fully saturated rings. The van der Waals surface area contributed by atoms with E-state index in [1.54, 1.807) is 26.0 Å². The van der Waals surface area contributed by atoms with Crippen molar-refractivity contribution in [3.8, 4) is 17.0 Å². The van der Waals surface area contributed by atoms with Crippen LogP contribution in [0.3, 0.4) is 0 Å². The Labute approximate surface area is 214 Å². The molecule has 0 saturated carbocycles. The molecule has 0 bridgehead atoms. The van der Waals surface area contributed by atoms with E-state index < -0.39 is 15.1 Å². The topological polar surface area (TPSA) is 111 Å². The molecule has 36 heavy (non-hydrogen) atoms. The Balaban J connectivity index is 1.30. The molecule has 5 rings (SSSR count). The van der Waals surface area contributed by atoms with Crippen LogP contribution in [-0.2, 0) is 9.84 Å². The average molecular weight is 528 g/mol. The van der Waals surface area contributed by atoms with E-state index >= 15 is 0 Å². The van der Waals surface area contributed by atoms with Gasteiger partial charge in [0.25, 0.3) is 0 Å². The second kappa shape index (κ2) is 9.78. The summed E-state index contributed by atoms with van der Waals surface area (Å²) >= 11 is 1.53.